The van der Waals surface area contributed by atoms with Gasteiger partial charge in [0.1, 0.15) is 13.6 Å². The second-order valence-electron chi connectivity index (χ2n) is 5.06. The number of phenols is 1. The largest absolute Gasteiger partial charge is 0.506 e. The van der Waals surface area contributed by atoms with Gasteiger partial charge in [0.25, 0.3) is 0 Å². The van der Waals surface area contributed by atoms with Crippen LogP contribution in [0.1, 0.15) is 15.9 Å². The van der Waals surface area contributed by atoms with Gasteiger partial charge in [-0.05, 0) is 29.8 Å². The summed E-state index contributed by atoms with van der Waals surface area (Å²) in [6, 6.07) is 6.12. The number of rotatable bonds is 6. The third-order valence-electron chi connectivity index (χ3n) is 3.47. The van der Waals surface area contributed by atoms with E-state index in [0.29, 0.717) is 22.8 Å². The predicted molar refractivity (Wildman–Crippen MR) is 98.0 cm³/mol. The van der Waals surface area contributed by atoms with Crippen LogP contribution in [0, 0.1) is 0 Å². The van der Waals surface area contributed by atoms with Crippen molar-refractivity contribution in [3.63, 3.8) is 0 Å². The minimum absolute atomic E-state index is 0.0181. The van der Waals surface area contributed by atoms with Gasteiger partial charge >= 0.3 is 0 Å². The molecule has 0 aliphatic rings. The van der Waals surface area contributed by atoms with E-state index in [1.165, 1.54) is 39.5 Å². The van der Waals surface area contributed by atoms with Crippen molar-refractivity contribution in [2.45, 2.75) is 0 Å². The molecule has 2 rings (SSSR count). The highest BCUT2D eigenvalue weighted by molar-refractivity contribution is 6.38. The fourth-order valence-electron chi connectivity index (χ4n) is 2.27. The number of carbonyl (C=O) groups excluding carboxylic acids is 1. The Hall–Kier alpha value is -2.60. The number of aromatic hydroxyl groups is 1. The Balaban J connectivity index is 2.38. The Kier molecular flexibility index (Phi) is 5.99. The van der Waals surface area contributed by atoms with Crippen molar-refractivity contribution in [1.82, 2.24) is 0 Å². The molecule has 2 aromatic rings. The molecule has 5 nitrogen and oxygen atoms in total. The van der Waals surface area contributed by atoms with Crippen LogP contribution in [0.3, 0.4) is 0 Å². The molecule has 0 spiro atoms. The smallest absolute Gasteiger partial charge is 0.203 e. The lowest BCUT2D eigenvalue weighted by atomic mass is 9.92. The molecular formula is C18H16BClO5. The zero-order chi connectivity index (χ0) is 18.6. The van der Waals surface area contributed by atoms with Crippen molar-refractivity contribution in [1.29, 1.82) is 0 Å². The Morgan fingerprint density at radius 2 is 1.68 bits per heavy atom. The fourth-order valence-corrected chi connectivity index (χ4v) is 2.49. The molecule has 0 aliphatic carbocycles. The van der Waals surface area contributed by atoms with Crippen LogP contribution in [0.4, 0.5) is 0 Å². The lowest BCUT2D eigenvalue weighted by molar-refractivity contribution is 0.104. The number of phenolic OH excluding ortho intramolecular Hbond substituents is 1. The summed E-state index contributed by atoms with van der Waals surface area (Å²) in [6.07, 6.45) is 2.86. The molecule has 128 valence electrons. The quantitative estimate of drug-likeness (QED) is 0.489. The molecule has 0 saturated carbocycles. The lowest BCUT2D eigenvalue weighted by Gasteiger charge is -2.12. The van der Waals surface area contributed by atoms with Gasteiger partial charge in [0, 0.05) is 0 Å². The molecule has 0 unspecified atom stereocenters. The average molecular weight is 359 g/mol. The maximum Gasteiger partial charge on any atom is 0.203 e. The third kappa shape index (κ3) is 4.09. The van der Waals surface area contributed by atoms with E-state index in [2.05, 4.69) is 0 Å². The first-order valence-electron chi connectivity index (χ1n) is 7.21. The van der Waals surface area contributed by atoms with Crippen molar-refractivity contribution in [2.75, 3.05) is 21.3 Å². The van der Waals surface area contributed by atoms with Crippen LogP contribution in [-0.2, 0) is 0 Å². The summed E-state index contributed by atoms with van der Waals surface area (Å²) in [5.74, 6) is 0.622. The molecule has 25 heavy (non-hydrogen) atoms. The van der Waals surface area contributed by atoms with Crippen LogP contribution in [0.25, 0.3) is 6.08 Å². The summed E-state index contributed by atoms with van der Waals surface area (Å²) < 4.78 is 15.8. The molecule has 0 heterocycles. The topological polar surface area (TPSA) is 65.0 Å². The Morgan fingerprint density at radius 1 is 1.08 bits per heavy atom. The Bertz CT molecular complexity index is 807. The zero-order valence-electron chi connectivity index (χ0n) is 14.0. The van der Waals surface area contributed by atoms with Crippen LogP contribution < -0.4 is 19.7 Å². The highest BCUT2D eigenvalue weighted by atomic mass is 35.5. The molecular weight excluding hydrogens is 342 g/mol. The standard InChI is InChI=1S/C18H16BClO5/c1-23-15-6-10(7-16(24-2)18(15)25-3)4-5-14(21)12-8-11(19)9-13(20)17(12)22/h4-9,22H,1-3H3/b5-4+. The number of benzene rings is 2. The predicted octanol–water partition coefficient (Wildman–Crippen LogP) is 2.76. The lowest BCUT2D eigenvalue weighted by Crippen LogP contribution is -2.07. The zero-order valence-corrected chi connectivity index (χ0v) is 14.8. The van der Waals surface area contributed by atoms with Gasteiger partial charge in [-0.25, -0.2) is 0 Å². The van der Waals surface area contributed by atoms with Crippen LogP contribution >= 0.6 is 11.6 Å². The highest BCUT2D eigenvalue weighted by Crippen LogP contribution is 2.38. The molecule has 0 amide bonds. The number of hydrogen-bond acceptors (Lipinski definition) is 5. The van der Waals surface area contributed by atoms with Crippen molar-refractivity contribution in [3.8, 4) is 23.0 Å². The number of allylic oxidation sites excluding steroid dienone is 1. The maximum absolute atomic E-state index is 12.3. The second-order valence-corrected chi connectivity index (χ2v) is 5.46. The molecule has 0 saturated heterocycles. The highest BCUT2D eigenvalue weighted by Gasteiger charge is 2.14. The third-order valence-corrected chi connectivity index (χ3v) is 3.75. The first-order chi connectivity index (χ1) is 11.9. The van der Waals surface area contributed by atoms with Gasteiger partial charge in [-0.2, -0.15) is 0 Å². The average Bonchev–Trinajstić information content (AvgIpc) is 2.61. The number of methoxy groups -OCH3 is 3. The molecule has 7 heteroatoms. The van der Waals surface area contributed by atoms with Gasteiger partial charge < -0.3 is 19.3 Å². The molecule has 0 aromatic heterocycles. The molecule has 0 bridgehead atoms. The minimum Gasteiger partial charge on any atom is -0.506 e. The number of ether oxygens (including phenoxy) is 3. The molecule has 0 aliphatic heterocycles. The van der Waals surface area contributed by atoms with E-state index in [-0.39, 0.29) is 21.8 Å². The summed E-state index contributed by atoms with van der Waals surface area (Å²) in [4.78, 5) is 12.3. The van der Waals surface area contributed by atoms with Gasteiger partial charge in [0.2, 0.25) is 5.75 Å². The van der Waals surface area contributed by atoms with Gasteiger partial charge in [-0.3, -0.25) is 4.79 Å². The minimum atomic E-state index is -0.444. The molecule has 0 atom stereocenters. The summed E-state index contributed by atoms with van der Waals surface area (Å²) in [7, 11) is 10.2. The number of carbonyl (C=O) groups is 1. The van der Waals surface area contributed by atoms with Crippen molar-refractivity contribution < 1.29 is 24.1 Å². The number of halogens is 1. The fraction of sp³-hybridized carbons (Fsp3) is 0.167. The number of ketones is 1. The molecule has 2 aromatic carbocycles. The van der Waals surface area contributed by atoms with E-state index < -0.39 is 5.78 Å². The van der Waals surface area contributed by atoms with Gasteiger partial charge in [-0.15, -0.1) is 0 Å². The van der Waals surface area contributed by atoms with Gasteiger partial charge in [-0.1, -0.05) is 29.2 Å². The summed E-state index contributed by atoms with van der Waals surface area (Å²) in [6.45, 7) is 0. The second kappa shape index (κ2) is 7.99. The van der Waals surface area contributed by atoms with E-state index in [1.54, 1.807) is 18.2 Å². The van der Waals surface area contributed by atoms with E-state index in [4.69, 9.17) is 33.7 Å². The first-order valence-corrected chi connectivity index (χ1v) is 7.59. The van der Waals surface area contributed by atoms with Crippen LogP contribution in [-0.4, -0.2) is 40.1 Å². The maximum atomic E-state index is 12.3. The van der Waals surface area contributed by atoms with Crippen molar-refractivity contribution >= 4 is 36.8 Å². The summed E-state index contributed by atoms with van der Waals surface area (Å²) >= 11 is 5.84. The normalized spacial score (nSPS) is 10.7. The summed E-state index contributed by atoms with van der Waals surface area (Å²) in [5, 5.41) is 9.94. The van der Waals surface area contributed by atoms with E-state index >= 15 is 0 Å². The van der Waals surface area contributed by atoms with Crippen LogP contribution in [0.5, 0.6) is 23.0 Å². The van der Waals surface area contributed by atoms with Gasteiger partial charge in [0.05, 0.1) is 31.9 Å². The van der Waals surface area contributed by atoms with Crippen molar-refractivity contribution in [2.24, 2.45) is 0 Å². The monoisotopic (exact) mass is 358 g/mol. The molecule has 1 N–H and O–H groups in total. The van der Waals surface area contributed by atoms with E-state index in [1.807, 2.05) is 0 Å². The van der Waals surface area contributed by atoms with E-state index in [0.717, 1.165) is 0 Å². The van der Waals surface area contributed by atoms with Crippen LogP contribution in [0.15, 0.2) is 30.3 Å². The van der Waals surface area contributed by atoms with Gasteiger partial charge in [0.15, 0.2) is 17.3 Å². The number of hydrogen-bond donors (Lipinski definition) is 1. The first kappa shape index (κ1) is 18.7. The SMILES string of the molecule is [B]c1cc(Cl)c(O)c(C(=O)/C=C/c2cc(OC)c(OC)c(OC)c2)c1. The van der Waals surface area contributed by atoms with E-state index in [9.17, 15) is 9.90 Å². The summed E-state index contributed by atoms with van der Waals surface area (Å²) in [5.41, 5.74) is 0.957. The van der Waals surface area contributed by atoms with Crippen molar-refractivity contribution in [3.05, 3.63) is 46.5 Å². The Labute approximate surface area is 152 Å². The van der Waals surface area contributed by atoms with Crippen LogP contribution in [0.2, 0.25) is 5.02 Å². The molecule has 2 radical (unpaired) electrons. The molecule has 0 fully saturated rings. The Morgan fingerprint density at radius 3 is 2.20 bits per heavy atom.